The van der Waals surface area contributed by atoms with Crippen molar-refractivity contribution in [3.8, 4) is 0 Å². The van der Waals surface area contributed by atoms with E-state index in [2.05, 4.69) is 25.5 Å². The van der Waals surface area contributed by atoms with Crippen LogP contribution in [0.1, 0.15) is 16.1 Å². The van der Waals surface area contributed by atoms with Crippen molar-refractivity contribution >= 4 is 27.8 Å². The summed E-state index contributed by atoms with van der Waals surface area (Å²) in [5, 5.41) is 11.2. The van der Waals surface area contributed by atoms with E-state index in [9.17, 15) is 9.59 Å². The van der Waals surface area contributed by atoms with Crippen LogP contribution in [-0.2, 0) is 13.6 Å². The minimum absolute atomic E-state index is 0.145. The number of aryl methyl sites for hydroxylation is 1. The molecule has 0 radical (unpaired) electrons. The number of hydrogen-bond donors (Lipinski definition) is 2. The normalized spacial score (nSPS) is 11.1. The van der Waals surface area contributed by atoms with Gasteiger partial charge in [-0.25, -0.2) is 9.97 Å². The van der Waals surface area contributed by atoms with Crippen molar-refractivity contribution in [1.29, 1.82) is 0 Å². The summed E-state index contributed by atoms with van der Waals surface area (Å²) in [5.41, 5.74) is 2.18. The summed E-state index contributed by atoms with van der Waals surface area (Å²) in [6, 6.07) is 8.56. The van der Waals surface area contributed by atoms with Gasteiger partial charge in [-0.1, -0.05) is 0 Å². The zero-order valence-corrected chi connectivity index (χ0v) is 13.4. The van der Waals surface area contributed by atoms with Crippen molar-refractivity contribution in [2.75, 3.05) is 0 Å². The number of H-pyrrole nitrogens is 1. The van der Waals surface area contributed by atoms with Crippen LogP contribution < -0.4 is 10.9 Å². The molecule has 25 heavy (non-hydrogen) atoms. The molecule has 0 spiro atoms. The van der Waals surface area contributed by atoms with Crippen molar-refractivity contribution < 1.29 is 4.79 Å². The topological polar surface area (TPSA) is 106 Å². The highest BCUT2D eigenvalue weighted by molar-refractivity contribution is 5.97. The Morgan fingerprint density at radius 2 is 2.12 bits per heavy atom. The van der Waals surface area contributed by atoms with Gasteiger partial charge in [0.05, 0.1) is 29.5 Å². The number of hydrogen-bond acceptors (Lipinski definition) is 5. The number of fused-ring (bicyclic) bond motifs is 2. The van der Waals surface area contributed by atoms with Gasteiger partial charge in [0.1, 0.15) is 0 Å². The van der Waals surface area contributed by atoms with Crippen LogP contribution in [0.4, 0.5) is 0 Å². The highest BCUT2D eigenvalue weighted by Gasteiger charge is 2.11. The molecule has 0 saturated carbocycles. The maximum Gasteiger partial charge on any atom is 0.260 e. The Morgan fingerprint density at radius 3 is 3.00 bits per heavy atom. The molecule has 8 heteroatoms. The Labute approximate surface area is 141 Å². The second kappa shape index (κ2) is 5.82. The van der Waals surface area contributed by atoms with Crippen molar-refractivity contribution in [1.82, 2.24) is 30.0 Å². The van der Waals surface area contributed by atoms with E-state index in [1.165, 1.54) is 10.9 Å². The van der Waals surface area contributed by atoms with Crippen molar-refractivity contribution in [3.05, 3.63) is 64.5 Å². The minimum atomic E-state index is -0.254. The molecule has 3 heterocycles. The summed E-state index contributed by atoms with van der Waals surface area (Å²) in [5.74, 6) is -0.254. The van der Waals surface area contributed by atoms with Gasteiger partial charge in [-0.05, 0) is 30.3 Å². The van der Waals surface area contributed by atoms with E-state index in [-0.39, 0.29) is 11.5 Å². The Morgan fingerprint density at radius 1 is 1.24 bits per heavy atom. The maximum atomic E-state index is 12.4. The molecular formula is C17H14N6O2. The van der Waals surface area contributed by atoms with Gasteiger partial charge >= 0.3 is 0 Å². The van der Waals surface area contributed by atoms with E-state index in [1.807, 2.05) is 12.1 Å². The first kappa shape index (κ1) is 15.0. The summed E-state index contributed by atoms with van der Waals surface area (Å²) in [7, 11) is 1.64. The fraction of sp³-hybridized carbons (Fsp3) is 0.118. The molecule has 8 nitrogen and oxygen atoms in total. The lowest BCUT2D eigenvalue weighted by atomic mass is 10.1. The molecule has 0 unspecified atom stereocenters. The van der Waals surface area contributed by atoms with E-state index in [0.717, 1.165) is 11.1 Å². The van der Waals surface area contributed by atoms with Crippen LogP contribution in [0.15, 0.2) is 47.7 Å². The molecule has 1 amide bonds. The lowest BCUT2D eigenvalue weighted by molar-refractivity contribution is 0.0950. The van der Waals surface area contributed by atoms with Gasteiger partial charge in [-0.3, -0.25) is 14.7 Å². The first-order valence-electron chi connectivity index (χ1n) is 7.65. The monoisotopic (exact) mass is 334 g/mol. The molecule has 0 aliphatic heterocycles. The summed E-state index contributed by atoms with van der Waals surface area (Å²) in [4.78, 5) is 32.8. The van der Waals surface area contributed by atoms with E-state index in [1.54, 1.807) is 31.4 Å². The first-order valence-corrected chi connectivity index (χ1v) is 7.65. The van der Waals surface area contributed by atoms with E-state index >= 15 is 0 Å². The van der Waals surface area contributed by atoms with E-state index in [0.29, 0.717) is 28.7 Å². The fourth-order valence-electron chi connectivity index (χ4n) is 2.66. The molecule has 124 valence electrons. The highest BCUT2D eigenvalue weighted by Crippen LogP contribution is 2.13. The van der Waals surface area contributed by atoms with Crippen LogP contribution in [0, 0.1) is 0 Å². The molecule has 3 aromatic heterocycles. The van der Waals surface area contributed by atoms with Crippen LogP contribution in [0.25, 0.3) is 21.9 Å². The van der Waals surface area contributed by atoms with E-state index < -0.39 is 0 Å². The second-order valence-electron chi connectivity index (χ2n) is 5.65. The summed E-state index contributed by atoms with van der Waals surface area (Å²) >= 11 is 0. The number of amides is 1. The zero-order valence-electron chi connectivity index (χ0n) is 13.4. The van der Waals surface area contributed by atoms with Crippen LogP contribution in [0.5, 0.6) is 0 Å². The van der Waals surface area contributed by atoms with Gasteiger partial charge < -0.3 is 9.88 Å². The van der Waals surface area contributed by atoms with Crippen LogP contribution in [0.2, 0.25) is 0 Å². The van der Waals surface area contributed by atoms with Gasteiger partial charge in [0.25, 0.3) is 11.5 Å². The fourth-order valence-corrected chi connectivity index (χ4v) is 2.66. The second-order valence-corrected chi connectivity index (χ2v) is 5.65. The molecule has 2 N–H and O–H groups in total. The predicted octanol–water partition coefficient (Wildman–Crippen LogP) is 1.13. The van der Waals surface area contributed by atoms with Crippen LogP contribution in [0.3, 0.4) is 0 Å². The van der Waals surface area contributed by atoms with Crippen LogP contribution >= 0.6 is 0 Å². The van der Waals surface area contributed by atoms with Crippen LogP contribution in [-0.4, -0.2) is 30.6 Å². The summed E-state index contributed by atoms with van der Waals surface area (Å²) in [6.07, 6.45) is 3.11. The van der Waals surface area contributed by atoms with Gasteiger partial charge in [0.2, 0.25) is 0 Å². The summed E-state index contributed by atoms with van der Waals surface area (Å²) in [6.45, 7) is 0.295. The highest BCUT2D eigenvalue weighted by atomic mass is 16.1. The van der Waals surface area contributed by atoms with Crippen molar-refractivity contribution in [3.63, 3.8) is 0 Å². The third-order valence-corrected chi connectivity index (χ3v) is 4.01. The predicted molar refractivity (Wildman–Crippen MR) is 92.0 cm³/mol. The molecule has 0 aliphatic rings. The molecule has 1 aromatic carbocycles. The smallest absolute Gasteiger partial charge is 0.260 e. The molecule has 0 aliphatic carbocycles. The standard InChI is InChI=1S/C17H14N6O2/c1-23-9-20-13-7-10(4-5-12(13)17(23)25)16(24)19-8-14-11-3-2-6-18-15(11)22-21-14/h2-7,9H,8H2,1H3,(H,19,24)(H,18,21,22). The Hall–Kier alpha value is -3.55. The number of nitrogens with one attached hydrogen (secondary N) is 2. The average Bonchev–Trinajstić information content (AvgIpc) is 3.06. The third kappa shape index (κ3) is 2.63. The zero-order chi connectivity index (χ0) is 17.4. The molecular weight excluding hydrogens is 320 g/mol. The minimum Gasteiger partial charge on any atom is -0.346 e. The van der Waals surface area contributed by atoms with Gasteiger partial charge in [0.15, 0.2) is 5.65 Å². The third-order valence-electron chi connectivity index (χ3n) is 4.01. The molecule has 0 bridgehead atoms. The number of carbonyl (C=O) groups is 1. The maximum absolute atomic E-state index is 12.4. The van der Waals surface area contributed by atoms with Crippen molar-refractivity contribution in [2.45, 2.75) is 6.54 Å². The number of carbonyl (C=O) groups excluding carboxylic acids is 1. The number of rotatable bonds is 3. The van der Waals surface area contributed by atoms with Crippen molar-refractivity contribution in [2.24, 2.45) is 7.05 Å². The molecule has 4 aromatic rings. The number of aromatic amines is 1. The largest absolute Gasteiger partial charge is 0.346 e. The molecule has 0 atom stereocenters. The van der Waals surface area contributed by atoms with Gasteiger partial charge in [-0.15, -0.1) is 0 Å². The molecule has 0 saturated heterocycles. The van der Waals surface area contributed by atoms with E-state index in [4.69, 9.17) is 0 Å². The molecule has 0 fully saturated rings. The van der Waals surface area contributed by atoms with Gasteiger partial charge in [-0.2, -0.15) is 5.10 Å². The average molecular weight is 334 g/mol. The number of aromatic nitrogens is 5. The summed E-state index contributed by atoms with van der Waals surface area (Å²) < 4.78 is 1.40. The molecule has 4 rings (SSSR count). The first-order chi connectivity index (χ1) is 12.1. The number of pyridine rings is 1. The number of benzene rings is 1. The Bertz CT molecular complexity index is 1160. The Kier molecular flexibility index (Phi) is 3.50. The Balaban J connectivity index is 1.58. The quantitative estimate of drug-likeness (QED) is 0.584. The lowest BCUT2D eigenvalue weighted by Gasteiger charge is -2.06. The number of nitrogens with zero attached hydrogens (tertiary/aromatic N) is 4. The van der Waals surface area contributed by atoms with Gasteiger partial charge in [0, 0.05) is 24.2 Å². The lowest BCUT2D eigenvalue weighted by Crippen LogP contribution is -2.23. The SMILES string of the molecule is Cn1cnc2cc(C(=O)NCc3[nH]nc4ncccc34)ccc2c1=O.